The number of carbonyl (C=O) groups excluding carboxylic acids is 1. The van der Waals surface area contributed by atoms with Gasteiger partial charge in [-0.3, -0.25) is 9.69 Å². The summed E-state index contributed by atoms with van der Waals surface area (Å²) >= 11 is 0. The van der Waals surface area contributed by atoms with E-state index in [1.807, 2.05) is 13.8 Å². The summed E-state index contributed by atoms with van der Waals surface area (Å²) in [6.45, 7) is 7.81. The molecule has 1 rings (SSSR count). The molecule has 1 aliphatic rings. The van der Waals surface area contributed by atoms with Gasteiger partial charge < -0.3 is 14.6 Å². The molecule has 1 fully saturated rings. The molecule has 0 bridgehead atoms. The highest BCUT2D eigenvalue weighted by Crippen LogP contribution is 2.17. The van der Waals surface area contributed by atoms with Crippen molar-refractivity contribution in [3.63, 3.8) is 0 Å². The molecule has 0 aliphatic carbocycles. The lowest BCUT2D eigenvalue weighted by Gasteiger charge is -2.39. The molecule has 1 atom stereocenters. The first-order valence-corrected chi connectivity index (χ1v) is 7.72. The Bertz CT molecular complexity index is 285. The van der Waals surface area contributed by atoms with Crippen molar-refractivity contribution in [1.29, 1.82) is 0 Å². The molecule has 5 nitrogen and oxygen atoms in total. The van der Waals surface area contributed by atoms with Gasteiger partial charge in [-0.15, -0.1) is 0 Å². The molecule has 1 heterocycles. The Balaban J connectivity index is 2.02. The Morgan fingerprint density at radius 3 is 2.80 bits per heavy atom. The van der Waals surface area contributed by atoms with Gasteiger partial charge in [0.25, 0.3) is 0 Å². The average molecular weight is 287 g/mol. The van der Waals surface area contributed by atoms with Gasteiger partial charge in [-0.25, -0.2) is 0 Å². The van der Waals surface area contributed by atoms with E-state index in [1.165, 1.54) is 0 Å². The second-order valence-corrected chi connectivity index (χ2v) is 5.70. The molecule has 20 heavy (non-hydrogen) atoms. The Labute approximate surface area is 122 Å². The molecule has 0 aromatic heterocycles. The molecule has 0 amide bonds. The fraction of sp³-hybridized carbons (Fsp3) is 0.933. The summed E-state index contributed by atoms with van der Waals surface area (Å²) in [5.41, 5.74) is -0.401. The fourth-order valence-electron chi connectivity index (χ4n) is 2.50. The fourth-order valence-corrected chi connectivity index (χ4v) is 2.50. The molecule has 0 aromatic rings. The van der Waals surface area contributed by atoms with E-state index in [4.69, 9.17) is 9.47 Å². The number of unbranched alkanes of at least 4 members (excludes halogenated alkanes) is 3. The highest BCUT2D eigenvalue weighted by Gasteiger charge is 2.30. The quantitative estimate of drug-likeness (QED) is 0.515. The Morgan fingerprint density at radius 1 is 1.35 bits per heavy atom. The van der Waals surface area contributed by atoms with Crippen LogP contribution in [0.5, 0.6) is 0 Å². The largest absolute Gasteiger partial charge is 0.466 e. The first-order chi connectivity index (χ1) is 9.59. The maximum absolute atomic E-state index is 11.2. The number of carbonyl (C=O) groups is 1. The smallest absolute Gasteiger partial charge is 0.305 e. The molecule has 5 heteroatoms. The molecule has 1 unspecified atom stereocenters. The van der Waals surface area contributed by atoms with Crippen LogP contribution in [0.15, 0.2) is 0 Å². The third-order valence-electron chi connectivity index (χ3n) is 3.66. The lowest BCUT2D eigenvalue weighted by atomic mass is 10.1. The van der Waals surface area contributed by atoms with Crippen LogP contribution in [0.4, 0.5) is 0 Å². The van der Waals surface area contributed by atoms with Gasteiger partial charge in [-0.05, 0) is 33.2 Å². The summed E-state index contributed by atoms with van der Waals surface area (Å²) < 4.78 is 10.5. The molecule has 0 spiro atoms. The van der Waals surface area contributed by atoms with E-state index >= 15 is 0 Å². The molecule has 1 saturated heterocycles. The second-order valence-electron chi connectivity index (χ2n) is 5.70. The van der Waals surface area contributed by atoms with Gasteiger partial charge in [0.15, 0.2) is 0 Å². The van der Waals surface area contributed by atoms with Crippen molar-refractivity contribution in [3.05, 3.63) is 0 Å². The lowest BCUT2D eigenvalue weighted by molar-refractivity contribution is -0.143. The minimum atomic E-state index is -0.401. The molecular formula is C15H29NO4. The summed E-state index contributed by atoms with van der Waals surface area (Å²) in [6.07, 6.45) is 4.78. The van der Waals surface area contributed by atoms with Crippen molar-refractivity contribution in [2.24, 2.45) is 0 Å². The normalized spacial score (nSPS) is 23.8. The van der Waals surface area contributed by atoms with Gasteiger partial charge in [0.05, 0.1) is 19.8 Å². The number of hydrogen-bond acceptors (Lipinski definition) is 5. The average Bonchev–Trinajstić information content (AvgIpc) is 2.43. The Kier molecular flexibility index (Phi) is 8.11. The van der Waals surface area contributed by atoms with Crippen molar-refractivity contribution in [2.75, 3.05) is 39.5 Å². The van der Waals surface area contributed by atoms with E-state index in [1.54, 1.807) is 0 Å². The summed E-state index contributed by atoms with van der Waals surface area (Å²) in [5, 5.41) is 9.31. The van der Waals surface area contributed by atoms with Gasteiger partial charge >= 0.3 is 5.97 Å². The van der Waals surface area contributed by atoms with Gasteiger partial charge in [0.2, 0.25) is 0 Å². The molecule has 1 N–H and O–H groups in total. The van der Waals surface area contributed by atoms with Crippen LogP contribution in [-0.2, 0) is 14.3 Å². The van der Waals surface area contributed by atoms with Gasteiger partial charge in [0.1, 0.15) is 5.60 Å². The van der Waals surface area contributed by atoms with Crippen LogP contribution >= 0.6 is 0 Å². The highest BCUT2D eigenvalue weighted by molar-refractivity contribution is 5.69. The zero-order valence-electron chi connectivity index (χ0n) is 12.9. The highest BCUT2D eigenvalue weighted by atomic mass is 16.5. The van der Waals surface area contributed by atoms with Crippen LogP contribution in [0.2, 0.25) is 0 Å². The number of morpholine rings is 1. The number of esters is 1. The first kappa shape index (κ1) is 17.4. The first-order valence-electron chi connectivity index (χ1n) is 7.72. The monoisotopic (exact) mass is 287 g/mol. The van der Waals surface area contributed by atoms with Crippen molar-refractivity contribution in [2.45, 2.75) is 51.6 Å². The number of hydrogen-bond donors (Lipinski definition) is 1. The number of nitrogens with zero attached hydrogens (tertiary/aromatic N) is 1. The van der Waals surface area contributed by atoms with Gasteiger partial charge in [0, 0.05) is 19.5 Å². The zero-order chi connectivity index (χ0) is 14.8. The van der Waals surface area contributed by atoms with E-state index in [-0.39, 0.29) is 12.6 Å². The second kappa shape index (κ2) is 9.32. The standard InChI is InChI=1S/C15H29NO4/c1-3-19-14(18)8-6-4-5-7-9-16-10-11-20-15(2,12-16)13-17/h17H,3-13H2,1-2H3. The van der Waals surface area contributed by atoms with E-state index in [2.05, 4.69) is 4.90 Å². The Morgan fingerprint density at radius 2 is 2.10 bits per heavy atom. The van der Waals surface area contributed by atoms with Gasteiger partial charge in [-0.2, -0.15) is 0 Å². The number of aliphatic hydroxyl groups is 1. The maximum Gasteiger partial charge on any atom is 0.305 e. The third-order valence-corrected chi connectivity index (χ3v) is 3.66. The minimum Gasteiger partial charge on any atom is -0.466 e. The number of rotatable bonds is 9. The molecule has 0 aromatic carbocycles. The third kappa shape index (κ3) is 6.68. The van der Waals surface area contributed by atoms with Crippen molar-refractivity contribution in [1.82, 2.24) is 4.90 Å². The lowest BCUT2D eigenvalue weighted by Crippen LogP contribution is -2.52. The predicted octanol–water partition coefficient (Wildman–Crippen LogP) is 1.58. The van der Waals surface area contributed by atoms with Crippen LogP contribution < -0.4 is 0 Å². The predicted molar refractivity (Wildman–Crippen MR) is 77.6 cm³/mol. The topological polar surface area (TPSA) is 59.0 Å². The van der Waals surface area contributed by atoms with Crippen LogP contribution in [0.1, 0.15) is 46.0 Å². The Hall–Kier alpha value is -0.650. The zero-order valence-corrected chi connectivity index (χ0v) is 12.9. The summed E-state index contributed by atoms with van der Waals surface area (Å²) in [4.78, 5) is 13.5. The summed E-state index contributed by atoms with van der Waals surface area (Å²) in [7, 11) is 0. The van der Waals surface area contributed by atoms with Crippen LogP contribution in [-0.4, -0.2) is 61.0 Å². The molecular weight excluding hydrogens is 258 g/mol. The maximum atomic E-state index is 11.2. The van der Waals surface area contributed by atoms with Crippen molar-refractivity contribution >= 4 is 5.97 Å². The number of aliphatic hydroxyl groups excluding tert-OH is 1. The SMILES string of the molecule is CCOC(=O)CCCCCCN1CCOC(C)(CO)C1. The molecule has 118 valence electrons. The van der Waals surface area contributed by atoms with E-state index < -0.39 is 5.60 Å². The van der Waals surface area contributed by atoms with Crippen molar-refractivity contribution < 1.29 is 19.4 Å². The molecule has 0 saturated carbocycles. The van der Waals surface area contributed by atoms with E-state index in [0.29, 0.717) is 19.6 Å². The summed E-state index contributed by atoms with van der Waals surface area (Å²) in [5.74, 6) is -0.0839. The van der Waals surface area contributed by atoms with E-state index in [9.17, 15) is 9.90 Å². The van der Waals surface area contributed by atoms with E-state index in [0.717, 1.165) is 45.3 Å². The number of ether oxygens (including phenoxy) is 2. The van der Waals surface area contributed by atoms with Crippen LogP contribution in [0.3, 0.4) is 0 Å². The molecule has 1 aliphatic heterocycles. The van der Waals surface area contributed by atoms with Gasteiger partial charge in [-0.1, -0.05) is 12.8 Å². The summed E-state index contributed by atoms with van der Waals surface area (Å²) in [6, 6.07) is 0. The van der Waals surface area contributed by atoms with Crippen LogP contribution in [0.25, 0.3) is 0 Å². The molecule has 0 radical (unpaired) electrons. The van der Waals surface area contributed by atoms with Crippen LogP contribution in [0, 0.1) is 0 Å². The minimum absolute atomic E-state index is 0.0725. The van der Waals surface area contributed by atoms with Crippen molar-refractivity contribution in [3.8, 4) is 0 Å².